The predicted molar refractivity (Wildman–Crippen MR) is 107 cm³/mol. The van der Waals surface area contributed by atoms with Crippen molar-refractivity contribution in [3.8, 4) is 0 Å². The lowest BCUT2D eigenvalue weighted by Gasteiger charge is -2.35. The van der Waals surface area contributed by atoms with E-state index in [4.69, 9.17) is 0 Å². The minimum atomic E-state index is -0.632. The highest BCUT2D eigenvalue weighted by Crippen LogP contribution is 2.34. The van der Waals surface area contributed by atoms with Gasteiger partial charge in [-0.1, -0.05) is 12.1 Å². The molecule has 0 bridgehead atoms. The van der Waals surface area contributed by atoms with Gasteiger partial charge in [0.2, 0.25) is 11.8 Å². The second-order valence-electron chi connectivity index (χ2n) is 8.30. The molecule has 1 aromatic heterocycles. The van der Waals surface area contributed by atoms with Crippen molar-refractivity contribution in [1.82, 2.24) is 19.4 Å². The van der Waals surface area contributed by atoms with Crippen LogP contribution in [0.5, 0.6) is 0 Å². The summed E-state index contributed by atoms with van der Waals surface area (Å²) in [5.41, 5.74) is 2.69. The van der Waals surface area contributed by atoms with Gasteiger partial charge < -0.3 is 4.90 Å². The fourth-order valence-corrected chi connectivity index (χ4v) is 4.75. The van der Waals surface area contributed by atoms with E-state index in [1.165, 1.54) is 5.56 Å². The molecule has 1 atom stereocenters. The summed E-state index contributed by atoms with van der Waals surface area (Å²) >= 11 is 0. The highest BCUT2D eigenvalue weighted by molar-refractivity contribution is 6.00. The summed E-state index contributed by atoms with van der Waals surface area (Å²) in [4.78, 5) is 39.4. The summed E-state index contributed by atoms with van der Waals surface area (Å²) in [6, 6.07) is 5.93. The van der Waals surface area contributed by atoms with Gasteiger partial charge >= 0.3 is 5.69 Å². The molecule has 2 amide bonds. The monoisotopic (exact) mass is 384 g/mol. The van der Waals surface area contributed by atoms with Gasteiger partial charge in [0, 0.05) is 19.5 Å². The van der Waals surface area contributed by atoms with Gasteiger partial charge in [-0.15, -0.1) is 0 Å². The third-order valence-electron chi connectivity index (χ3n) is 6.36. The van der Waals surface area contributed by atoms with Crippen LogP contribution in [0.4, 0.5) is 0 Å². The molecule has 0 spiro atoms. The van der Waals surface area contributed by atoms with Crippen molar-refractivity contribution in [2.45, 2.75) is 57.5 Å². The van der Waals surface area contributed by atoms with E-state index in [0.29, 0.717) is 18.4 Å². The van der Waals surface area contributed by atoms with E-state index in [2.05, 4.69) is 30.1 Å². The van der Waals surface area contributed by atoms with E-state index in [0.717, 1.165) is 37.0 Å². The Kier molecular flexibility index (Phi) is 4.87. The molecule has 0 aliphatic carbocycles. The van der Waals surface area contributed by atoms with Crippen LogP contribution < -0.4 is 11.0 Å². The fraction of sp³-hybridized carbons (Fsp3) is 0.571. The van der Waals surface area contributed by atoms with E-state index >= 15 is 0 Å². The lowest BCUT2D eigenvalue weighted by molar-refractivity contribution is -0.135. The first-order valence-corrected chi connectivity index (χ1v) is 10.2. The summed E-state index contributed by atoms with van der Waals surface area (Å²) in [6.07, 6.45) is 2.75. The molecule has 2 fully saturated rings. The van der Waals surface area contributed by atoms with Crippen molar-refractivity contribution in [3.63, 3.8) is 0 Å². The maximum absolute atomic E-state index is 13.0. The topological polar surface area (TPSA) is 76.3 Å². The van der Waals surface area contributed by atoms with Crippen molar-refractivity contribution in [1.29, 1.82) is 0 Å². The Bertz CT molecular complexity index is 979. The molecule has 28 heavy (non-hydrogen) atoms. The first-order valence-electron chi connectivity index (χ1n) is 10.2. The van der Waals surface area contributed by atoms with Crippen molar-refractivity contribution in [3.05, 3.63) is 34.2 Å². The fourth-order valence-electron chi connectivity index (χ4n) is 4.75. The maximum atomic E-state index is 13.0. The van der Waals surface area contributed by atoms with Crippen molar-refractivity contribution < 1.29 is 9.59 Å². The van der Waals surface area contributed by atoms with Crippen LogP contribution in [-0.2, 0) is 16.6 Å². The van der Waals surface area contributed by atoms with Gasteiger partial charge in [0.05, 0.1) is 11.0 Å². The number of para-hydroxylation sites is 1. The third-order valence-corrected chi connectivity index (χ3v) is 6.36. The molecule has 2 saturated heterocycles. The number of aromatic nitrogens is 2. The van der Waals surface area contributed by atoms with E-state index < -0.39 is 6.04 Å². The van der Waals surface area contributed by atoms with Crippen LogP contribution in [0, 0.1) is 0 Å². The number of carbonyl (C=O) groups excluding carboxylic acids is 2. The van der Waals surface area contributed by atoms with Crippen LogP contribution in [0.1, 0.15) is 57.1 Å². The SMILES string of the molecule is CC(C)N1CCC(c2cccc3c2n(C)c(=O)n3C2CCC(=O)NC2=O)CC1. The number of fused-ring (bicyclic) bond motifs is 1. The Hall–Kier alpha value is -2.41. The van der Waals surface area contributed by atoms with Crippen molar-refractivity contribution >= 4 is 22.8 Å². The standard InChI is InChI=1S/C21H28N4O3/c1-13(2)24-11-9-14(10-12-24)15-5-4-6-16-19(15)23(3)21(28)25(16)17-7-8-18(26)22-20(17)27/h4-6,13-14,17H,7-12H2,1-3H3,(H,22,26,27). The largest absolute Gasteiger partial charge is 0.329 e. The number of hydrogen-bond acceptors (Lipinski definition) is 4. The number of amides is 2. The molecule has 0 radical (unpaired) electrons. The Morgan fingerprint density at radius 2 is 1.79 bits per heavy atom. The zero-order chi connectivity index (χ0) is 20.0. The number of rotatable bonds is 3. The quantitative estimate of drug-likeness (QED) is 0.820. The second kappa shape index (κ2) is 7.20. The Labute approximate surface area is 164 Å². The number of aryl methyl sites for hydroxylation is 1. The normalized spacial score (nSPS) is 22.2. The highest BCUT2D eigenvalue weighted by atomic mass is 16.2. The minimum Gasteiger partial charge on any atom is -0.301 e. The van der Waals surface area contributed by atoms with Crippen LogP contribution in [-0.4, -0.2) is 45.0 Å². The van der Waals surface area contributed by atoms with E-state index in [1.807, 2.05) is 12.1 Å². The Balaban J connectivity index is 1.75. The molecule has 2 aromatic rings. The molecule has 1 aromatic carbocycles. The summed E-state index contributed by atoms with van der Waals surface area (Å²) < 4.78 is 3.24. The number of benzene rings is 1. The zero-order valence-corrected chi connectivity index (χ0v) is 16.8. The number of imide groups is 1. The smallest absolute Gasteiger partial charge is 0.301 e. The number of likely N-dealkylation sites (tertiary alicyclic amines) is 1. The lowest BCUT2D eigenvalue weighted by atomic mass is 9.88. The summed E-state index contributed by atoms with van der Waals surface area (Å²) in [7, 11) is 1.78. The van der Waals surface area contributed by atoms with E-state index in [1.54, 1.807) is 16.2 Å². The maximum Gasteiger partial charge on any atom is 0.329 e. The predicted octanol–water partition coefficient (Wildman–Crippen LogP) is 1.91. The van der Waals surface area contributed by atoms with Crippen LogP contribution >= 0.6 is 0 Å². The van der Waals surface area contributed by atoms with Gasteiger partial charge in [0.25, 0.3) is 0 Å². The third kappa shape index (κ3) is 3.07. The molecule has 0 saturated carbocycles. The first-order chi connectivity index (χ1) is 13.4. The molecule has 4 rings (SSSR count). The van der Waals surface area contributed by atoms with Gasteiger partial charge in [0.15, 0.2) is 0 Å². The number of hydrogen-bond donors (Lipinski definition) is 1. The Morgan fingerprint density at radius 3 is 2.43 bits per heavy atom. The first kappa shape index (κ1) is 18.9. The van der Waals surface area contributed by atoms with Crippen LogP contribution in [0.2, 0.25) is 0 Å². The Morgan fingerprint density at radius 1 is 1.07 bits per heavy atom. The van der Waals surface area contributed by atoms with Gasteiger partial charge in [-0.2, -0.15) is 0 Å². The molecule has 1 unspecified atom stereocenters. The average Bonchev–Trinajstić information content (AvgIpc) is 2.93. The van der Waals surface area contributed by atoms with Gasteiger partial charge in [-0.3, -0.25) is 24.0 Å². The second-order valence-corrected chi connectivity index (χ2v) is 8.30. The average molecular weight is 384 g/mol. The molecule has 2 aliphatic rings. The number of piperidine rings is 2. The lowest BCUT2D eigenvalue weighted by Crippen LogP contribution is -2.44. The molecule has 7 nitrogen and oxygen atoms in total. The molecule has 1 N–H and O–H groups in total. The van der Waals surface area contributed by atoms with E-state index in [-0.39, 0.29) is 23.9 Å². The molecule has 3 heterocycles. The van der Waals surface area contributed by atoms with Gasteiger partial charge in [0.1, 0.15) is 6.04 Å². The summed E-state index contributed by atoms with van der Waals surface area (Å²) in [5, 5.41) is 2.37. The molecular weight excluding hydrogens is 356 g/mol. The number of carbonyl (C=O) groups is 2. The molecular formula is C21H28N4O3. The summed E-state index contributed by atoms with van der Waals surface area (Å²) in [6.45, 7) is 6.57. The van der Waals surface area contributed by atoms with Gasteiger partial charge in [-0.25, -0.2) is 4.79 Å². The number of nitrogens with one attached hydrogen (secondary N) is 1. The number of nitrogens with zero attached hydrogens (tertiary/aromatic N) is 3. The number of imidazole rings is 1. The van der Waals surface area contributed by atoms with Crippen LogP contribution in [0.25, 0.3) is 11.0 Å². The minimum absolute atomic E-state index is 0.198. The molecule has 150 valence electrons. The summed E-state index contributed by atoms with van der Waals surface area (Å²) in [5.74, 6) is -0.254. The van der Waals surface area contributed by atoms with Crippen LogP contribution in [0.15, 0.2) is 23.0 Å². The molecule has 2 aliphatic heterocycles. The van der Waals surface area contributed by atoms with Crippen LogP contribution in [0.3, 0.4) is 0 Å². The zero-order valence-electron chi connectivity index (χ0n) is 16.8. The highest BCUT2D eigenvalue weighted by Gasteiger charge is 2.32. The van der Waals surface area contributed by atoms with Gasteiger partial charge in [-0.05, 0) is 63.7 Å². The van der Waals surface area contributed by atoms with E-state index in [9.17, 15) is 14.4 Å². The molecule has 7 heteroatoms. The van der Waals surface area contributed by atoms with Crippen molar-refractivity contribution in [2.24, 2.45) is 7.05 Å². The van der Waals surface area contributed by atoms with Crippen molar-refractivity contribution in [2.75, 3.05) is 13.1 Å².